The molecule has 0 radical (unpaired) electrons. The molecule has 0 bridgehead atoms. The summed E-state index contributed by atoms with van der Waals surface area (Å²) < 4.78 is 55.2. The Kier molecular flexibility index (Phi) is 8.09. The van der Waals surface area contributed by atoms with Crippen molar-refractivity contribution in [3.05, 3.63) is 72.1 Å². The van der Waals surface area contributed by atoms with Gasteiger partial charge in [-0.1, -0.05) is 0 Å². The molecule has 3 aromatic rings. The summed E-state index contributed by atoms with van der Waals surface area (Å²) in [6.07, 6.45) is -4.62. The number of esters is 1. The minimum absolute atomic E-state index is 0.0702. The second-order valence-corrected chi connectivity index (χ2v) is 8.71. The molecule has 13 heteroatoms. The first-order chi connectivity index (χ1) is 17.7. The Morgan fingerprint density at radius 2 is 1.58 bits per heavy atom. The van der Waals surface area contributed by atoms with E-state index in [1.807, 2.05) is 0 Å². The average molecular weight is 532 g/mol. The van der Waals surface area contributed by atoms with Crippen LogP contribution in [0.25, 0.3) is 0 Å². The minimum Gasteiger partial charge on any atom is -0.486 e. The molecule has 1 heterocycles. The summed E-state index contributed by atoms with van der Waals surface area (Å²) in [6.45, 7) is 5.16. The molecule has 3 amide bonds. The number of anilines is 2. The zero-order chi connectivity index (χ0) is 28.1. The van der Waals surface area contributed by atoms with Gasteiger partial charge in [-0.05, 0) is 69.3 Å². The Morgan fingerprint density at radius 1 is 0.895 bits per heavy atom. The van der Waals surface area contributed by atoms with Crippen LogP contribution in [-0.4, -0.2) is 28.7 Å². The van der Waals surface area contributed by atoms with Crippen LogP contribution in [-0.2, 0) is 10.9 Å². The quantitative estimate of drug-likeness (QED) is 0.263. The Morgan fingerprint density at radius 3 is 2.18 bits per heavy atom. The van der Waals surface area contributed by atoms with Crippen molar-refractivity contribution in [2.45, 2.75) is 32.5 Å². The number of benzene rings is 2. The van der Waals surface area contributed by atoms with Gasteiger partial charge in [0, 0.05) is 18.0 Å². The highest BCUT2D eigenvalue weighted by Crippen LogP contribution is 2.36. The fourth-order valence-electron chi connectivity index (χ4n) is 2.98. The van der Waals surface area contributed by atoms with E-state index in [1.54, 1.807) is 20.8 Å². The first-order valence-corrected chi connectivity index (χ1v) is 10.9. The number of carbonyl (C=O) groups is 3. The summed E-state index contributed by atoms with van der Waals surface area (Å²) >= 11 is 0. The van der Waals surface area contributed by atoms with Crippen LogP contribution in [0.4, 0.5) is 34.1 Å². The van der Waals surface area contributed by atoms with E-state index in [0.717, 1.165) is 18.2 Å². The van der Waals surface area contributed by atoms with Crippen molar-refractivity contribution >= 4 is 29.5 Å². The number of nitrogens with zero attached hydrogens (tertiary/aromatic N) is 1. The molecule has 0 aliphatic carbocycles. The van der Waals surface area contributed by atoms with E-state index in [9.17, 15) is 27.6 Å². The average Bonchev–Trinajstić information content (AvgIpc) is 2.79. The third-order valence-corrected chi connectivity index (χ3v) is 4.45. The van der Waals surface area contributed by atoms with Crippen LogP contribution < -0.4 is 25.8 Å². The zero-order valence-electron chi connectivity index (χ0n) is 20.4. The van der Waals surface area contributed by atoms with E-state index in [2.05, 4.69) is 20.4 Å². The number of hydrogen-bond acceptors (Lipinski definition) is 7. The second-order valence-electron chi connectivity index (χ2n) is 8.71. The molecule has 0 fully saturated rings. The number of alkyl halides is 3. The van der Waals surface area contributed by atoms with Crippen molar-refractivity contribution in [3.8, 4) is 17.2 Å². The molecule has 10 nitrogen and oxygen atoms in total. The van der Waals surface area contributed by atoms with Crippen molar-refractivity contribution < 1.29 is 41.8 Å². The first kappa shape index (κ1) is 27.8. The highest BCUT2D eigenvalue weighted by molar-refractivity contribution is 6.00. The third kappa shape index (κ3) is 8.11. The van der Waals surface area contributed by atoms with Gasteiger partial charge in [-0.25, -0.2) is 19.4 Å². The number of pyridine rings is 1. The summed E-state index contributed by atoms with van der Waals surface area (Å²) in [5.74, 6) is -0.466. The normalized spacial score (nSPS) is 11.3. The number of hydrogen-bond donors (Lipinski definition) is 3. The molecule has 3 rings (SSSR count). The van der Waals surface area contributed by atoms with E-state index in [1.165, 1.54) is 42.6 Å². The van der Waals surface area contributed by atoms with Gasteiger partial charge in [0.15, 0.2) is 5.69 Å². The van der Waals surface area contributed by atoms with Crippen molar-refractivity contribution in [3.63, 3.8) is 0 Å². The van der Waals surface area contributed by atoms with Gasteiger partial charge in [0.2, 0.25) is 0 Å². The minimum atomic E-state index is -4.61. The number of amides is 3. The third-order valence-electron chi connectivity index (χ3n) is 4.45. The highest BCUT2D eigenvalue weighted by atomic mass is 19.4. The number of primary amides is 1. The lowest BCUT2D eigenvalue weighted by Crippen LogP contribution is -2.25. The van der Waals surface area contributed by atoms with Crippen LogP contribution in [0, 0.1) is 0 Å². The van der Waals surface area contributed by atoms with Gasteiger partial charge < -0.3 is 30.6 Å². The predicted molar refractivity (Wildman–Crippen MR) is 130 cm³/mol. The molecular weight excluding hydrogens is 509 g/mol. The van der Waals surface area contributed by atoms with Crippen molar-refractivity contribution in [1.82, 2.24) is 4.98 Å². The van der Waals surface area contributed by atoms with E-state index < -0.39 is 35.4 Å². The van der Waals surface area contributed by atoms with Crippen molar-refractivity contribution in [1.29, 1.82) is 0 Å². The predicted octanol–water partition coefficient (Wildman–Crippen LogP) is 5.95. The Hall–Kier alpha value is -4.81. The summed E-state index contributed by atoms with van der Waals surface area (Å²) in [5.41, 5.74) is 3.09. The van der Waals surface area contributed by atoms with Gasteiger partial charge in [0.25, 0.3) is 0 Å². The number of urea groups is 1. The number of carbonyl (C=O) groups excluding carboxylic acids is 3. The fraction of sp³-hybridized carbons (Fsp3) is 0.200. The second kappa shape index (κ2) is 11.1. The highest BCUT2D eigenvalue weighted by Gasteiger charge is 2.32. The molecule has 200 valence electrons. The molecule has 0 aliphatic rings. The van der Waals surface area contributed by atoms with Gasteiger partial charge in [-0.3, -0.25) is 0 Å². The van der Waals surface area contributed by atoms with Gasteiger partial charge in [0.1, 0.15) is 22.8 Å². The molecule has 0 aliphatic heterocycles. The van der Waals surface area contributed by atoms with Crippen LogP contribution in [0.2, 0.25) is 0 Å². The number of ether oxygens (including phenoxy) is 3. The van der Waals surface area contributed by atoms with Gasteiger partial charge in [-0.15, -0.1) is 0 Å². The maximum absolute atomic E-state index is 13.2. The van der Waals surface area contributed by atoms with Crippen LogP contribution in [0.5, 0.6) is 17.2 Å². The molecule has 1 aromatic heterocycles. The maximum Gasteiger partial charge on any atom is 0.416 e. The number of rotatable bonds is 6. The topological polar surface area (TPSA) is 142 Å². The van der Waals surface area contributed by atoms with Gasteiger partial charge >= 0.3 is 24.3 Å². The molecule has 0 spiro atoms. The van der Waals surface area contributed by atoms with E-state index in [0.29, 0.717) is 11.4 Å². The number of halogens is 3. The van der Waals surface area contributed by atoms with E-state index in [4.69, 9.17) is 15.2 Å². The van der Waals surface area contributed by atoms with Crippen molar-refractivity contribution in [2.24, 2.45) is 5.73 Å². The van der Waals surface area contributed by atoms with Crippen LogP contribution in [0.1, 0.15) is 36.8 Å². The standard InChI is InChI=1S/C25H23F3N4O6/c1-24(2,3)38-20-9-4-14(25(26,27)28)12-18(20)32-23(35)31-15-5-7-16(8-6-15)36-17-10-11-30-19(13-17)21(33)37-22(29)34/h4-13H,1-3H3,(H2,29,34)(H2,31,32,35). The lowest BCUT2D eigenvalue weighted by atomic mass is 10.1. The molecule has 0 unspecified atom stereocenters. The SMILES string of the molecule is CC(C)(C)Oc1ccc(C(F)(F)F)cc1NC(=O)Nc1ccc(Oc2ccnc(C(=O)OC(N)=O)c2)cc1. The van der Waals surface area contributed by atoms with E-state index >= 15 is 0 Å². The Labute approximate surface area is 214 Å². The summed E-state index contributed by atoms with van der Waals surface area (Å²) in [4.78, 5) is 38.8. The molecule has 4 N–H and O–H groups in total. The molecular formula is C25H23F3N4O6. The number of nitrogens with one attached hydrogen (secondary N) is 2. The smallest absolute Gasteiger partial charge is 0.416 e. The molecule has 0 saturated heterocycles. The molecule has 38 heavy (non-hydrogen) atoms. The lowest BCUT2D eigenvalue weighted by Gasteiger charge is -2.24. The molecule has 2 aromatic carbocycles. The molecule has 0 atom stereocenters. The Bertz CT molecular complexity index is 1340. The summed E-state index contributed by atoms with van der Waals surface area (Å²) in [5, 5.41) is 4.90. The monoisotopic (exact) mass is 532 g/mol. The largest absolute Gasteiger partial charge is 0.486 e. The lowest BCUT2D eigenvalue weighted by molar-refractivity contribution is -0.137. The first-order valence-electron chi connectivity index (χ1n) is 10.9. The Balaban J connectivity index is 1.69. The summed E-state index contributed by atoms with van der Waals surface area (Å²) in [7, 11) is 0. The molecule has 0 saturated carbocycles. The van der Waals surface area contributed by atoms with Gasteiger partial charge in [-0.2, -0.15) is 13.2 Å². The van der Waals surface area contributed by atoms with Crippen LogP contribution >= 0.6 is 0 Å². The zero-order valence-corrected chi connectivity index (χ0v) is 20.4. The van der Waals surface area contributed by atoms with Crippen LogP contribution in [0.15, 0.2) is 60.8 Å². The van der Waals surface area contributed by atoms with Crippen molar-refractivity contribution in [2.75, 3.05) is 10.6 Å². The summed E-state index contributed by atoms with van der Waals surface area (Å²) in [6, 6.07) is 10.6. The van der Waals surface area contributed by atoms with Crippen LogP contribution in [0.3, 0.4) is 0 Å². The maximum atomic E-state index is 13.2. The van der Waals surface area contributed by atoms with E-state index in [-0.39, 0.29) is 22.9 Å². The fourth-order valence-corrected chi connectivity index (χ4v) is 2.98. The van der Waals surface area contributed by atoms with Gasteiger partial charge in [0.05, 0.1) is 11.3 Å². The number of nitrogens with two attached hydrogens (primary N) is 1. The number of aromatic nitrogens is 1.